The van der Waals surface area contributed by atoms with E-state index in [9.17, 15) is 0 Å². The number of nitrogens with one attached hydrogen (secondary N) is 1. The molecule has 3 unspecified atom stereocenters. The molecule has 0 aromatic heterocycles. The zero-order chi connectivity index (χ0) is 13.2. The number of rotatable bonds is 3. The smallest absolute Gasteiger partial charge is 0.124 e. The summed E-state index contributed by atoms with van der Waals surface area (Å²) >= 11 is 3.56. The summed E-state index contributed by atoms with van der Waals surface area (Å²) in [6.45, 7) is 4.36. The third kappa shape index (κ3) is 3.14. The highest BCUT2D eigenvalue weighted by atomic mass is 79.9. The van der Waals surface area contributed by atoms with Gasteiger partial charge in [0.1, 0.15) is 5.75 Å². The lowest BCUT2D eigenvalue weighted by molar-refractivity contribution is 0.248. The molecule has 0 saturated heterocycles. The van der Waals surface area contributed by atoms with E-state index in [0.717, 1.165) is 41.6 Å². The van der Waals surface area contributed by atoms with Crippen LogP contribution in [0.25, 0.3) is 0 Å². The van der Waals surface area contributed by atoms with Gasteiger partial charge in [-0.25, -0.2) is 0 Å². The van der Waals surface area contributed by atoms with Gasteiger partial charge in [0.2, 0.25) is 0 Å². The molecule has 2 aliphatic rings. The molecule has 1 saturated carbocycles. The molecule has 1 aliphatic heterocycles. The van der Waals surface area contributed by atoms with Crippen molar-refractivity contribution in [2.45, 2.75) is 38.6 Å². The fourth-order valence-corrected chi connectivity index (χ4v) is 3.78. The molecule has 1 fully saturated rings. The maximum atomic E-state index is 5.74. The molecule has 3 rings (SSSR count). The van der Waals surface area contributed by atoms with Crippen molar-refractivity contribution in [3.8, 4) is 5.75 Å². The molecule has 104 valence electrons. The molecule has 3 atom stereocenters. The van der Waals surface area contributed by atoms with Crippen LogP contribution in [0.3, 0.4) is 0 Å². The molecule has 0 amide bonds. The van der Waals surface area contributed by atoms with E-state index >= 15 is 0 Å². The highest BCUT2D eigenvalue weighted by Crippen LogP contribution is 2.35. The first-order valence-electron chi connectivity index (χ1n) is 7.38. The Labute approximate surface area is 124 Å². The fraction of sp³-hybridized carbons (Fsp3) is 0.625. The molecule has 0 spiro atoms. The van der Waals surface area contributed by atoms with Gasteiger partial charge in [-0.3, -0.25) is 0 Å². The lowest BCUT2D eigenvalue weighted by Gasteiger charge is -2.28. The topological polar surface area (TPSA) is 21.3 Å². The van der Waals surface area contributed by atoms with Crippen LogP contribution in [0, 0.1) is 11.8 Å². The number of hydrogen-bond acceptors (Lipinski definition) is 2. The van der Waals surface area contributed by atoms with Gasteiger partial charge in [-0.15, -0.1) is 0 Å². The van der Waals surface area contributed by atoms with Gasteiger partial charge in [0, 0.05) is 22.5 Å². The van der Waals surface area contributed by atoms with Gasteiger partial charge in [-0.05, 0) is 49.4 Å². The molecular formula is C16H22BrNO. The van der Waals surface area contributed by atoms with Crippen molar-refractivity contribution in [1.82, 2.24) is 5.32 Å². The SMILES string of the molecule is CC1CCC(CNC2CCOc3ccc(Br)cc32)C1. The van der Waals surface area contributed by atoms with Crippen LogP contribution in [0.4, 0.5) is 0 Å². The maximum absolute atomic E-state index is 5.74. The van der Waals surface area contributed by atoms with Crippen molar-refractivity contribution in [2.24, 2.45) is 11.8 Å². The maximum Gasteiger partial charge on any atom is 0.124 e. The number of fused-ring (bicyclic) bond motifs is 1. The quantitative estimate of drug-likeness (QED) is 0.895. The Kier molecular flexibility index (Phi) is 4.13. The average Bonchev–Trinajstić information content (AvgIpc) is 2.82. The third-order valence-corrected chi connectivity index (χ3v) is 4.96. The van der Waals surface area contributed by atoms with E-state index in [4.69, 9.17) is 4.74 Å². The molecule has 1 aromatic carbocycles. The Balaban J connectivity index is 1.64. The predicted molar refractivity (Wildman–Crippen MR) is 81.5 cm³/mol. The summed E-state index contributed by atoms with van der Waals surface area (Å²) in [5, 5.41) is 3.77. The van der Waals surface area contributed by atoms with Crippen LogP contribution in [-0.2, 0) is 0 Å². The van der Waals surface area contributed by atoms with E-state index in [-0.39, 0.29) is 0 Å². The molecule has 0 radical (unpaired) electrons. The van der Waals surface area contributed by atoms with Crippen molar-refractivity contribution in [3.63, 3.8) is 0 Å². The van der Waals surface area contributed by atoms with Crippen molar-refractivity contribution >= 4 is 15.9 Å². The minimum atomic E-state index is 0.456. The zero-order valence-electron chi connectivity index (χ0n) is 11.5. The first-order chi connectivity index (χ1) is 9.22. The van der Waals surface area contributed by atoms with E-state index < -0.39 is 0 Å². The Morgan fingerprint density at radius 1 is 1.32 bits per heavy atom. The first-order valence-corrected chi connectivity index (χ1v) is 8.17. The minimum Gasteiger partial charge on any atom is -0.493 e. The van der Waals surface area contributed by atoms with Crippen LogP contribution < -0.4 is 10.1 Å². The summed E-state index contributed by atoms with van der Waals surface area (Å²) in [5.74, 6) is 2.84. The number of hydrogen-bond donors (Lipinski definition) is 1. The van der Waals surface area contributed by atoms with E-state index in [2.05, 4.69) is 46.4 Å². The summed E-state index contributed by atoms with van der Waals surface area (Å²) in [6.07, 6.45) is 5.26. The van der Waals surface area contributed by atoms with Gasteiger partial charge in [0.25, 0.3) is 0 Å². The van der Waals surface area contributed by atoms with Gasteiger partial charge >= 0.3 is 0 Å². The van der Waals surface area contributed by atoms with Crippen molar-refractivity contribution in [1.29, 1.82) is 0 Å². The molecule has 1 aromatic rings. The Bertz CT molecular complexity index is 448. The Hall–Kier alpha value is -0.540. The summed E-state index contributed by atoms with van der Waals surface area (Å²) in [6, 6.07) is 6.78. The average molecular weight is 324 g/mol. The lowest BCUT2D eigenvalue weighted by atomic mass is 9.99. The van der Waals surface area contributed by atoms with E-state index in [1.54, 1.807) is 0 Å². The second-order valence-corrected chi connectivity index (χ2v) is 6.98. The van der Waals surface area contributed by atoms with Crippen LogP contribution >= 0.6 is 15.9 Å². The van der Waals surface area contributed by atoms with E-state index in [1.807, 2.05) is 0 Å². The second-order valence-electron chi connectivity index (χ2n) is 6.06. The van der Waals surface area contributed by atoms with E-state index in [1.165, 1.54) is 24.8 Å². The summed E-state index contributed by atoms with van der Waals surface area (Å²) in [7, 11) is 0. The fourth-order valence-electron chi connectivity index (χ4n) is 3.40. The molecule has 2 nitrogen and oxygen atoms in total. The van der Waals surface area contributed by atoms with Crippen LogP contribution in [-0.4, -0.2) is 13.2 Å². The molecule has 1 aliphatic carbocycles. The molecule has 1 heterocycles. The Morgan fingerprint density at radius 3 is 3.00 bits per heavy atom. The Morgan fingerprint density at radius 2 is 2.21 bits per heavy atom. The van der Waals surface area contributed by atoms with Gasteiger partial charge in [0.05, 0.1) is 6.61 Å². The normalized spacial score (nSPS) is 29.9. The van der Waals surface area contributed by atoms with Crippen molar-refractivity contribution < 1.29 is 4.74 Å². The monoisotopic (exact) mass is 323 g/mol. The van der Waals surface area contributed by atoms with Crippen LogP contribution in [0.5, 0.6) is 5.75 Å². The number of halogens is 1. The molecule has 1 N–H and O–H groups in total. The predicted octanol–water partition coefficient (Wildman–Crippen LogP) is 4.30. The highest BCUT2D eigenvalue weighted by Gasteiger charge is 2.25. The van der Waals surface area contributed by atoms with Gasteiger partial charge in [-0.2, -0.15) is 0 Å². The third-order valence-electron chi connectivity index (χ3n) is 4.47. The standard InChI is InChI=1S/C16H22BrNO/c1-11-2-3-12(8-11)10-18-15-6-7-19-16-5-4-13(17)9-14(15)16/h4-5,9,11-12,15,18H,2-3,6-8,10H2,1H3. The lowest BCUT2D eigenvalue weighted by Crippen LogP contribution is -2.30. The largest absolute Gasteiger partial charge is 0.493 e. The molecular weight excluding hydrogens is 302 g/mol. The van der Waals surface area contributed by atoms with Crippen LogP contribution in [0.15, 0.2) is 22.7 Å². The van der Waals surface area contributed by atoms with Crippen LogP contribution in [0.2, 0.25) is 0 Å². The molecule has 19 heavy (non-hydrogen) atoms. The zero-order valence-corrected chi connectivity index (χ0v) is 13.1. The van der Waals surface area contributed by atoms with Crippen LogP contribution in [0.1, 0.15) is 44.2 Å². The van der Waals surface area contributed by atoms with Crippen molar-refractivity contribution in [2.75, 3.05) is 13.2 Å². The van der Waals surface area contributed by atoms with Gasteiger partial charge in [0.15, 0.2) is 0 Å². The highest BCUT2D eigenvalue weighted by molar-refractivity contribution is 9.10. The second kappa shape index (κ2) is 5.84. The minimum absolute atomic E-state index is 0.456. The first kappa shape index (κ1) is 13.4. The number of ether oxygens (including phenoxy) is 1. The van der Waals surface area contributed by atoms with Gasteiger partial charge < -0.3 is 10.1 Å². The number of benzene rings is 1. The summed E-state index contributed by atoms with van der Waals surface area (Å²) < 4.78 is 6.87. The van der Waals surface area contributed by atoms with E-state index in [0.29, 0.717) is 6.04 Å². The van der Waals surface area contributed by atoms with Crippen molar-refractivity contribution in [3.05, 3.63) is 28.2 Å². The summed E-state index contributed by atoms with van der Waals surface area (Å²) in [4.78, 5) is 0. The summed E-state index contributed by atoms with van der Waals surface area (Å²) in [5.41, 5.74) is 1.31. The molecule has 0 bridgehead atoms. The molecule has 3 heteroatoms. The van der Waals surface area contributed by atoms with Gasteiger partial charge in [-0.1, -0.05) is 29.3 Å².